The molecule has 1 rings (SSSR count). The molecule has 2 atom stereocenters. The molecule has 2 unspecified atom stereocenters. The van der Waals surface area contributed by atoms with E-state index < -0.39 is 0 Å². The summed E-state index contributed by atoms with van der Waals surface area (Å²) < 4.78 is 5.41. The molecule has 3 heteroatoms. The fourth-order valence-corrected chi connectivity index (χ4v) is 1.67. The Hall–Kier alpha value is -0.590. The van der Waals surface area contributed by atoms with Gasteiger partial charge in [-0.1, -0.05) is 0 Å². The summed E-state index contributed by atoms with van der Waals surface area (Å²) in [4.78, 5) is 2.01. The van der Waals surface area contributed by atoms with E-state index in [1.165, 1.54) is 0 Å². The molecule has 68 valence electrons. The second kappa shape index (κ2) is 3.42. The molecule has 1 saturated heterocycles. The minimum Gasteiger partial charge on any atom is -0.378 e. The average molecular weight is 168 g/mol. The second-order valence-corrected chi connectivity index (χ2v) is 3.67. The molecule has 0 spiro atoms. The van der Waals surface area contributed by atoms with Gasteiger partial charge in [0.15, 0.2) is 0 Å². The molecular formula is C9H16N2O. The van der Waals surface area contributed by atoms with Crippen LogP contribution >= 0.6 is 0 Å². The Balaban J connectivity index is 2.73. The first-order valence-electron chi connectivity index (χ1n) is 4.31. The van der Waals surface area contributed by atoms with Gasteiger partial charge < -0.3 is 4.74 Å². The zero-order chi connectivity index (χ0) is 9.19. The van der Waals surface area contributed by atoms with E-state index in [1.54, 1.807) is 0 Å². The predicted octanol–water partition coefficient (Wildman–Crippen LogP) is 1.01. The maximum atomic E-state index is 9.08. The molecule has 0 bridgehead atoms. The van der Waals surface area contributed by atoms with Gasteiger partial charge in [-0.3, -0.25) is 4.90 Å². The van der Waals surface area contributed by atoms with Crippen LogP contribution in [0.4, 0.5) is 0 Å². The van der Waals surface area contributed by atoms with Crippen LogP contribution in [0.25, 0.3) is 0 Å². The van der Waals surface area contributed by atoms with Crippen LogP contribution in [0.3, 0.4) is 0 Å². The molecule has 1 fully saturated rings. The lowest BCUT2D eigenvalue weighted by Gasteiger charge is -2.39. The van der Waals surface area contributed by atoms with E-state index in [2.05, 4.69) is 6.07 Å². The largest absolute Gasteiger partial charge is 0.378 e. The minimum absolute atomic E-state index is 0.209. The molecule has 3 nitrogen and oxygen atoms in total. The maximum Gasteiger partial charge on any atom is 0.113 e. The third-order valence-electron chi connectivity index (χ3n) is 2.61. The van der Waals surface area contributed by atoms with Crippen LogP contribution in [-0.4, -0.2) is 37.2 Å². The number of nitriles is 1. The van der Waals surface area contributed by atoms with Gasteiger partial charge in [-0.05, 0) is 21.0 Å². The van der Waals surface area contributed by atoms with Crippen LogP contribution < -0.4 is 0 Å². The van der Waals surface area contributed by atoms with Crippen LogP contribution in [0.15, 0.2) is 0 Å². The Morgan fingerprint density at radius 1 is 1.58 bits per heavy atom. The van der Waals surface area contributed by atoms with Gasteiger partial charge in [0.2, 0.25) is 0 Å². The van der Waals surface area contributed by atoms with Crippen LogP contribution in [0.5, 0.6) is 0 Å². The topological polar surface area (TPSA) is 36.3 Å². The molecule has 0 radical (unpaired) electrons. The zero-order valence-corrected chi connectivity index (χ0v) is 8.00. The van der Waals surface area contributed by atoms with Gasteiger partial charge in [0.1, 0.15) is 5.54 Å². The summed E-state index contributed by atoms with van der Waals surface area (Å²) in [6.45, 7) is 2.72. The molecule has 0 saturated carbocycles. The molecule has 12 heavy (non-hydrogen) atoms. The smallest absolute Gasteiger partial charge is 0.113 e. The Morgan fingerprint density at radius 3 is 2.58 bits per heavy atom. The van der Waals surface area contributed by atoms with E-state index in [9.17, 15) is 0 Å². The number of rotatable bonds is 1. The van der Waals surface area contributed by atoms with E-state index in [1.807, 2.05) is 25.9 Å². The average Bonchev–Trinajstić information content (AvgIpc) is 2.04. The highest BCUT2D eigenvalue weighted by molar-refractivity contribution is 5.09. The van der Waals surface area contributed by atoms with E-state index >= 15 is 0 Å². The van der Waals surface area contributed by atoms with E-state index in [-0.39, 0.29) is 11.6 Å². The van der Waals surface area contributed by atoms with Gasteiger partial charge in [0.05, 0.1) is 12.2 Å². The van der Waals surface area contributed by atoms with Gasteiger partial charge in [-0.25, -0.2) is 0 Å². The predicted molar refractivity (Wildman–Crippen MR) is 46.7 cm³/mol. The highest BCUT2D eigenvalue weighted by Gasteiger charge is 2.37. The molecule has 0 aromatic rings. The third kappa shape index (κ3) is 1.60. The van der Waals surface area contributed by atoms with Gasteiger partial charge in [0.25, 0.3) is 0 Å². The molecule has 0 aromatic carbocycles. The van der Waals surface area contributed by atoms with Crippen LogP contribution in [0, 0.1) is 11.3 Å². The first kappa shape index (κ1) is 9.50. The van der Waals surface area contributed by atoms with Crippen molar-refractivity contribution in [3.8, 4) is 6.07 Å². The maximum absolute atomic E-state index is 9.08. The lowest BCUT2D eigenvalue weighted by Crippen LogP contribution is -2.49. The van der Waals surface area contributed by atoms with E-state index in [4.69, 9.17) is 10.00 Å². The van der Waals surface area contributed by atoms with Gasteiger partial charge >= 0.3 is 0 Å². The van der Waals surface area contributed by atoms with Gasteiger partial charge in [-0.2, -0.15) is 5.26 Å². The van der Waals surface area contributed by atoms with Crippen molar-refractivity contribution in [1.82, 2.24) is 4.90 Å². The molecule has 1 aliphatic heterocycles. The number of nitrogens with zero attached hydrogens (tertiary/aromatic N) is 2. The zero-order valence-electron chi connectivity index (χ0n) is 8.00. The molecule has 0 amide bonds. The van der Waals surface area contributed by atoms with Crippen molar-refractivity contribution in [2.24, 2.45) is 0 Å². The Kier molecular flexibility index (Phi) is 2.71. The summed E-state index contributed by atoms with van der Waals surface area (Å²) in [6.07, 6.45) is 1.85. The van der Waals surface area contributed by atoms with Crippen molar-refractivity contribution >= 4 is 0 Å². The fraction of sp³-hybridized carbons (Fsp3) is 0.889. The Labute approximate surface area is 73.9 Å². The van der Waals surface area contributed by atoms with Crippen molar-refractivity contribution in [2.45, 2.75) is 31.4 Å². The highest BCUT2D eigenvalue weighted by atomic mass is 16.5. The van der Waals surface area contributed by atoms with Crippen LogP contribution in [0.1, 0.15) is 19.8 Å². The van der Waals surface area contributed by atoms with Crippen molar-refractivity contribution in [2.75, 3.05) is 20.7 Å². The monoisotopic (exact) mass is 168 g/mol. The normalized spacial score (nSPS) is 36.4. The van der Waals surface area contributed by atoms with Crippen molar-refractivity contribution in [3.05, 3.63) is 0 Å². The first-order valence-corrected chi connectivity index (χ1v) is 4.31. The van der Waals surface area contributed by atoms with Crippen LogP contribution in [-0.2, 0) is 4.74 Å². The lowest BCUT2D eigenvalue weighted by molar-refractivity contribution is -0.0306. The second-order valence-electron chi connectivity index (χ2n) is 3.67. The third-order valence-corrected chi connectivity index (χ3v) is 2.61. The molecule has 0 aliphatic carbocycles. The number of ether oxygens (including phenoxy) is 1. The standard InChI is InChI=1S/C9H16N2O/c1-8-6-9(7-10,11(2)3)4-5-12-8/h8H,4-6H2,1-3H3. The van der Waals surface area contributed by atoms with Crippen LogP contribution in [0.2, 0.25) is 0 Å². The highest BCUT2D eigenvalue weighted by Crippen LogP contribution is 2.28. The summed E-state index contributed by atoms with van der Waals surface area (Å²) in [5.41, 5.74) is -0.294. The molecule has 0 N–H and O–H groups in total. The van der Waals surface area contributed by atoms with Crippen molar-refractivity contribution < 1.29 is 4.74 Å². The molecule has 1 aliphatic rings. The number of hydrogen-bond acceptors (Lipinski definition) is 3. The summed E-state index contributed by atoms with van der Waals surface area (Å²) in [7, 11) is 3.92. The van der Waals surface area contributed by atoms with E-state index in [0.29, 0.717) is 6.61 Å². The fourth-order valence-electron chi connectivity index (χ4n) is 1.67. The summed E-state index contributed by atoms with van der Waals surface area (Å²) in [5.74, 6) is 0. The molecule has 0 aromatic heterocycles. The summed E-state index contributed by atoms with van der Waals surface area (Å²) >= 11 is 0. The van der Waals surface area contributed by atoms with E-state index in [0.717, 1.165) is 12.8 Å². The summed E-state index contributed by atoms with van der Waals surface area (Å²) in [6, 6.07) is 2.39. The quantitative estimate of drug-likeness (QED) is 0.586. The number of hydrogen-bond donors (Lipinski definition) is 0. The Bertz CT molecular complexity index is 197. The molecule has 1 heterocycles. The summed E-state index contributed by atoms with van der Waals surface area (Å²) in [5, 5.41) is 9.08. The van der Waals surface area contributed by atoms with Gasteiger partial charge in [-0.15, -0.1) is 0 Å². The lowest BCUT2D eigenvalue weighted by atomic mass is 9.87. The molecular weight excluding hydrogens is 152 g/mol. The van der Waals surface area contributed by atoms with Gasteiger partial charge in [0, 0.05) is 19.4 Å². The Morgan fingerprint density at radius 2 is 2.25 bits per heavy atom. The minimum atomic E-state index is -0.294. The van der Waals surface area contributed by atoms with Crippen molar-refractivity contribution in [1.29, 1.82) is 5.26 Å². The SMILES string of the molecule is CC1CC(C#N)(N(C)C)CCO1. The van der Waals surface area contributed by atoms with Crippen molar-refractivity contribution in [3.63, 3.8) is 0 Å². The first-order chi connectivity index (χ1) is 5.60.